The highest BCUT2D eigenvalue weighted by atomic mass is 16.5. The van der Waals surface area contributed by atoms with E-state index in [1.54, 1.807) is 0 Å². The Morgan fingerprint density at radius 2 is 1.89 bits per heavy atom. The highest BCUT2D eigenvalue weighted by molar-refractivity contribution is 5.81. The molecule has 1 aromatic carbocycles. The van der Waals surface area contributed by atoms with Crippen molar-refractivity contribution in [3.8, 4) is 5.75 Å². The van der Waals surface area contributed by atoms with Gasteiger partial charge < -0.3 is 15.4 Å². The molecule has 1 saturated heterocycles. The summed E-state index contributed by atoms with van der Waals surface area (Å²) in [4.78, 5) is 19.7. The van der Waals surface area contributed by atoms with Crippen molar-refractivity contribution < 1.29 is 9.53 Å². The van der Waals surface area contributed by atoms with Crippen molar-refractivity contribution >= 4 is 17.7 Å². The highest BCUT2D eigenvalue weighted by Gasteiger charge is 2.26. The fourth-order valence-electron chi connectivity index (χ4n) is 5.89. The van der Waals surface area contributed by atoms with E-state index in [4.69, 9.17) is 4.74 Å². The van der Waals surface area contributed by atoms with Crippen molar-refractivity contribution in [2.75, 3.05) is 19.7 Å². The molecule has 1 saturated carbocycles. The molecular formula is C30H42N4O2. The zero-order valence-corrected chi connectivity index (χ0v) is 21.8. The quantitative estimate of drug-likeness (QED) is 0.521. The number of ether oxygens (including phenoxy) is 1. The summed E-state index contributed by atoms with van der Waals surface area (Å²) in [7, 11) is 0. The summed E-state index contributed by atoms with van der Waals surface area (Å²) < 4.78 is 6.16. The summed E-state index contributed by atoms with van der Waals surface area (Å²) in [6, 6.07) is 8.96. The molecule has 1 amide bonds. The summed E-state index contributed by atoms with van der Waals surface area (Å²) in [6.45, 7) is 5.02. The van der Waals surface area contributed by atoms with Crippen LogP contribution in [-0.2, 0) is 4.79 Å². The monoisotopic (exact) mass is 490 g/mol. The Morgan fingerprint density at radius 3 is 2.53 bits per heavy atom. The molecule has 2 heterocycles. The second-order valence-electron chi connectivity index (χ2n) is 10.9. The Balaban J connectivity index is 1.03. The molecule has 2 unspecified atom stereocenters. The van der Waals surface area contributed by atoms with Gasteiger partial charge in [-0.1, -0.05) is 38.0 Å². The van der Waals surface area contributed by atoms with Crippen molar-refractivity contribution in [3.05, 3.63) is 47.7 Å². The number of carbonyl (C=O) groups is 1. The molecule has 0 radical (unpaired) electrons. The number of nitrogens with zero attached hydrogens (tertiary/aromatic N) is 2. The Bertz CT molecular complexity index is 969. The molecule has 0 aromatic heterocycles. The molecule has 1 aromatic rings. The standard InChI is InChI=1S/C30H42N4O2/c1-2-22-19-31-30(32-20-22)34-17-15-23(16-18-34)21-36-28-13-11-25(12-14-28)24-7-9-26(10-8-24)29(35)33-27-5-3-4-6-27/h7,11-14,19-20,23,26-27,30-31H,2-6,8-10,15-18,21H2,1H3,(H,33,35). The van der Waals surface area contributed by atoms with Gasteiger partial charge in [0, 0.05) is 37.5 Å². The first-order valence-electron chi connectivity index (χ1n) is 14.1. The van der Waals surface area contributed by atoms with E-state index in [-0.39, 0.29) is 18.1 Å². The van der Waals surface area contributed by atoms with Crippen molar-refractivity contribution in [1.82, 2.24) is 15.5 Å². The lowest BCUT2D eigenvalue weighted by molar-refractivity contribution is -0.125. The van der Waals surface area contributed by atoms with Crippen LogP contribution in [0.5, 0.6) is 5.75 Å². The third-order valence-corrected chi connectivity index (χ3v) is 8.40. The average Bonchev–Trinajstić information content (AvgIpc) is 3.46. The number of allylic oxidation sites excluding steroid dienone is 3. The lowest BCUT2D eigenvalue weighted by Crippen LogP contribution is -2.48. The van der Waals surface area contributed by atoms with Crippen LogP contribution in [0.3, 0.4) is 0 Å². The van der Waals surface area contributed by atoms with E-state index in [1.165, 1.54) is 29.6 Å². The maximum absolute atomic E-state index is 12.6. The van der Waals surface area contributed by atoms with Gasteiger partial charge in [-0.2, -0.15) is 0 Å². The number of piperidine rings is 1. The summed E-state index contributed by atoms with van der Waals surface area (Å²) in [5.74, 6) is 1.93. The van der Waals surface area contributed by atoms with Gasteiger partial charge in [-0.05, 0) is 86.1 Å². The average molecular weight is 491 g/mol. The molecule has 6 nitrogen and oxygen atoms in total. The summed E-state index contributed by atoms with van der Waals surface area (Å²) in [5.41, 5.74) is 3.87. The Morgan fingerprint density at radius 1 is 1.11 bits per heavy atom. The number of rotatable bonds is 8. The molecule has 4 aliphatic rings. The van der Waals surface area contributed by atoms with Gasteiger partial charge in [-0.25, -0.2) is 0 Å². The number of nitrogens with one attached hydrogen (secondary N) is 2. The van der Waals surface area contributed by atoms with E-state index in [2.05, 4.69) is 64.0 Å². The molecule has 2 aliphatic carbocycles. The highest BCUT2D eigenvalue weighted by Crippen LogP contribution is 2.32. The van der Waals surface area contributed by atoms with Gasteiger partial charge in [-0.3, -0.25) is 14.7 Å². The lowest BCUT2D eigenvalue weighted by atomic mass is 9.86. The largest absolute Gasteiger partial charge is 0.493 e. The zero-order chi connectivity index (χ0) is 24.7. The molecule has 2 N–H and O–H groups in total. The molecular weight excluding hydrogens is 448 g/mol. The molecule has 2 fully saturated rings. The third kappa shape index (κ3) is 6.39. The van der Waals surface area contributed by atoms with E-state index < -0.39 is 0 Å². The van der Waals surface area contributed by atoms with Crippen LogP contribution in [0, 0.1) is 11.8 Å². The smallest absolute Gasteiger partial charge is 0.223 e. The number of hydrogen-bond donors (Lipinski definition) is 2. The van der Waals surface area contributed by atoms with Gasteiger partial charge in [0.15, 0.2) is 6.29 Å². The zero-order valence-electron chi connectivity index (χ0n) is 21.8. The summed E-state index contributed by atoms with van der Waals surface area (Å²) in [5, 5.41) is 6.70. The second-order valence-corrected chi connectivity index (χ2v) is 10.9. The number of carbonyl (C=O) groups excluding carboxylic acids is 1. The maximum atomic E-state index is 12.6. The Hall–Kier alpha value is -2.60. The minimum absolute atomic E-state index is 0.0840. The van der Waals surface area contributed by atoms with Crippen LogP contribution in [0.4, 0.5) is 0 Å². The van der Waals surface area contributed by atoms with E-state index >= 15 is 0 Å². The van der Waals surface area contributed by atoms with Gasteiger partial charge in [0.1, 0.15) is 5.75 Å². The maximum Gasteiger partial charge on any atom is 0.223 e. The molecule has 5 rings (SSSR count). The van der Waals surface area contributed by atoms with Gasteiger partial charge in [-0.15, -0.1) is 0 Å². The molecule has 2 aliphatic heterocycles. The van der Waals surface area contributed by atoms with Crippen molar-refractivity contribution in [2.24, 2.45) is 16.8 Å². The van der Waals surface area contributed by atoms with E-state index in [0.29, 0.717) is 12.0 Å². The minimum atomic E-state index is 0.0840. The van der Waals surface area contributed by atoms with Crippen LogP contribution in [0.25, 0.3) is 5.57 Å². The van der Waals surface area contributed by atoms with Crippen LogP contribution < -0.4 is 15.4 Å². The summed E-state index contributed by atoms with van der Waals surface area (Å²) >= 11 is 0. The number of aliphatic imine (C=N–C) groups is 1. The Labute approximate surface area is 216 Å². The summed E-state index contributed by atoms with van der Waals surface area (Å²) in [6.07, 6.45) is 17.3. The van der Waals surface area contributed by atoms with Gasteiger partial charge in [0.05, 0.1) is 6.61 Å². The van der Waals surface area contributed by atoms with Crippen molar-refractivity contribution in [1.29, 1.82) is 0 Å². The topological polar surface area (TPSA) is 66.0 Å². The van der Waals surface area contributed by atoms with Crippen LogP contribution in [-0.4, -0.2) is 49.0 Å². The van der Waals surface area contributed by atoms with Crippen LogP contribution in [0.15, 0.2) is 47.1 Å². The van der Waals surface area contributed by atoms with E-state index in [9.17, 15) is 4.79 Å². The third-order valence-electron chi connectivity index (χ3n) is 8.40. The first-order valence-corrected chi connectivity index (χ1v) is 14.1. The number of amides is 1. The fraction of sp³-hybridized carbons (Fsp3) is 0.600. The predicted molar refractivity (Wildman–Crippen MR) is 146 cm³/mol. The van der Waals surface area contributed by atoms with Gasteiger partial charge in [0.25, 0.3) is 0 Å². The normalized spacial score (nSPS) is 25.7. The molecule has 6 heteroatoms. The molecule has 194 valence electrons. The lowest BCUT2D eigenvalue weighted by Gasteiger charge is -2.36. The second kappa shape index (κ2) is 12.1. The Kier molecular flexibility index (Phi) is 8.42. The first-order chi connectivity index (χ1) is 17.7. The van der Waals surface area contributed by atoms with Gasteiger partial charge in [0.2, 0.25) is 5.91 Å². The van der Waals surface area contributed by atoms with E-state index in [1.807, 2.05) is 6.21 Å². The van der Waals surface area contributed by atoms with E-state index in [0.717, 1.165) is 76.8 Å². The number of benzene rings is 1. The first kappa shape index (κ1) is 25.1. The van der Waals surface area contributed by atoms with Crippen molar-refractivity contribution in [3.63, 3.8) is 0 Å². The van der Waals surface area contributed by atoms with Crippen molar-refractivity contribution in [2.45, 2.75) is 83.5 Å². The SMILES string of the molecule is CCC1=CNC(N2CCC(COc3ccc(C4=CCC(C(=O)NC5CCCC5)CC4)cc3)CC2)N=C1. The van der Waals surface area contributed by atoms with Crippen LogP contribution in [0.1, 0.15) is 76.7 Å². The van der Waals surface area contributed by atoms with Crippen LogP contribution in [0.2, 0.25) is 0 Å². The molecule has 36 heavy (non-hydrogen) atoms. The molecule has 2 atom stereocenters. The molecule has 0 spiro atoms. The predicted octanol–water partition coefficient (Wildman–Crippen LogP) is 5.27. The molecule has 0 bridgehead atoms. The van der Waals surface area contributed by atoms with Crippen LogP contribution >= 0.6 is 0 Å². The number of hydrogen-bond acceptors (Lipinski definition) is 5. The fourth-order valence-corrected chi connectivity index (χ4v) is 5.89. The minimum Gasteiger partial charge on any atom is -0.493 e. The van der Waals surface area contributed by atoms with Gasteiger partial charge >= 0.3 is 0 Å². The number of likely N-dealkylation sites (tertiary alicyclic amines) is 1.